The van der Waals surface area contributed by atoms with Gasteiger partial charge in [-0.15, -0.1) is 0 Å². The van der Waals surface area contributed by atoms with Crippen LogP contribution < -0.4 is 4.74 Å². The van der Waals surface area contributed by atoms with Gasteiger partial charge in [-0.25, -0.2) is 0 Å². The summed E-state index contributed by atoms with van der Waals surface area (Å²) in [5.74, 6) is 0.915. The Kier molecular flexibility index (Phi) is 3.76. The minimum atomic E-state index is 0.572. The molecule has 1 nitrogen and oxygen atoms in total. The number of hydrogen-bond donors (Lipinski definition) is 0. The van der Waals surface area contributed by atoms with E-state index in [0.29, 0.717) is 6.61 Å². The van der Waals surface area contributed by atoms with Gasteiger partial charge in [-0.2, -0.15) is 0 Å². The van der Waals surface area contributed by atoms with Gasteiger partial charge in [0.25, 0.3) is 0 Å². The van der Waals surface area contributed by atoms with Crippen LogP contribution in [0.1, 0.15) is 18.1 Å². The summed E-state index contributed by atoms with van der Waals surface area (Å²) in [6.45, 7) is 10.5. The van der Waals surface area contributed by atoms with E-state index in [2.05, 4.69) is 41.6 Å². The van der Waals surface area contributed by atoms with Crippen LogP contribution >= 0.6 is 15.9 Å². The molecule has 0 atom stereocenters. The van der Waals surface area contributed by atoms with Crippen LogP contribution in [0, 0.1) is 13.8 Å². The fourth-order valence-corrected chi connectivity index (χ4v) is 2.07. The molecule has 0 saturated heterocycles. The summed E-state index contributed by atoms with van der Waals surface area (Å²) < 4.78 is 6.65. The van der Waals surface area contributed by atoms with Gasteiger partial charge in [0.05, 0.1) is 4.47 Å². The Hall–Kier alpha value is -0.760. The first kappa shape index (κ1) is 11.3. The predicted molar refractivity (Wildman–Crippen MR) is 63.9 cm³/mol. The molecular weight excluding hydrogens is 240 g/mol. The predicted octanol–water partition coefficient (Wildman–Crippen LogP) is 4.02. The minimum absolute atomic E-state index is 0.572. The summed E-state index contributed by atoms with van der Waals surface area (Å²) in [7, 11) is 0. The highest BCUT2D eigenvalue weighted by atomic mass is 79.9. The number of benzene rings is 1. The molecule has 0 bridgehead atoms. The van der Waals surface area contributed by atoms with E-state index in [9.17, 15) is 0 Å². The van der Waals surface area contributed by atoms with Gasteiger partial charge >= 0.3 is 0 Å². The molecule has 14 heavy (non-hydrogen) atoms. The van der Waals surface area contributed by atoms with E-state index in [1.807, 2.05) is 13.8 Å². The molecule has 0 spiro atoms. The fourth-order valence-electron chi connectivity index (χ4n) is 1.28. The maximum Gasteiger partial charge on any atom is 0.136 e. The quantitative estimate of drug-likeness (QED) is 0.741. The van der Waals surface area contributed by atoms with Gasteiger partial charge in [-0.1, -0.05) is 12.6 Å². The van der Waals surface area contributed by atoms with Crippen molar-refractivity contribution in [2.45, 2.75) is 20.8 Å². The van der Waals surface area contributed by atoms with Crippen molar-refractivity contribution >= 4 is 15.9 Å². The highest BCUT2D eigenvalue weighted by molar-refractivity contribution is 9.10. The average molecular weight is 255 g/mol. The number of aryl methyl sites for hydroxylation is 2. The van der Waals surface area contributed by atoms with E-state index in [-0.39, 0.29) is 0 Å². The summed E-state index contributed by atoms with van der Waals surface area (Å²) in [5.41, 5.74) is 3.41. The molecule has 0 aromatic heterocycles. The third kappa shape index (κ3) is 2.88. The normalized spacial score (nSPS) is 10.0. The second-order valence-electron chi connectivity index (χ2n) is 3.64. The van der Waals surface area contributed by atoms with Crippen molar-refractivity contribution in [1.29, 1.82) is 0 Å². The second kappa shape index (κ2) is 4.65. The van der Waals surface area contributed by atoms with Crippen LogP contribution in [0.2, 0.25) is 0 Å². The van der Waals surface area contributed by atoms with Gasteiger partial charge < -0.3 is 4.74 Å². The molecular formula is C12H15BrO. The van der Waals surface area contributed by atoms with Crippen molar-refractivity contribution in [3.63, 3.8) is 0 Å². The molecule has 0 unspecified atom stereocenters. The Morgan fingerprint density at radius 3 is 2.57 bits per heavy atom. The molecule has 76 valence electrons. The number of ether oxygens (including phenoxy) is 1. The third-order valence-corrected chi connectivity index (χ3v) is 2.43. The van der Waals surface area contributed by atoms with Crippen molar-refractivity contribution in [1.82, 2.24) is 0 Å². The topological polar surface area (TPSA) is 9.23 Å². The first-order valence-electron chi connectivity index (χ1n) is 4.54. The van der Waals surface area contributed by atoms with E-state index in [1.165, 1.54) is 5.56 Å². The zero-order valence-electron chi connectivity index (χ0n) is 8.86. The molecule has 0 aliphatic rings. The first-order valence-corrected chi connectivity index (χ1v) is 5.34. The molecule has 0 amide bonds. The molecule has 0 N–H and O–H groups in total. The van der Waals surface area contributed by atoms with Crippen LogP contribution in [0.25, 0.3) is 0 Å². The molecule has 1 rings (SSSR count). The lowest BCUT2D eigenvalue weighted by molar-refractivity contribution is 0.348. The fraction of sp³-hybridized carbons (Fsp3) is 0.333. The molecule has 1 aromatic carbocycles. The third-order valence-electron chi connectivity index (χ3n) is 1.84. The maximum absolute atomic E-state index is 5.64. The van der Waals surface area contributed by atoms with Crippen LogP contribution in [-0.4, -0.2) is 6.61 Å². The summed E-state index contributed by atoms with van der Waals surface area (Å²) in [5, 5.41) is 0. The van der Waals surface area contributed by atoms with Crippen LogP contribution in [0.3, 0.4) is 0 Å². The lowest BCUT2D eigenvalue weighted by Gasteiger charge is -2.11. The van der Waals surface area contributed by atoms with Crippen molar-refractivity contribution in [3.05, 3.63) is 39.9 Å². The first-order chi connectivity index (χ1) is 6.50. The number of halogens is 1. The smallest absolute Gasteiger partial charge is 0.136 e. The lowest BCUT2D eigenvalue weighted by Crippen LogP contribution is -2.00. The van der Waals surface area contributed by atoms with Crippen molar-refractivity contribution < 1.29 is 4.74 Å². The zero-order valence-corrected chi connectivity index (χ0v) is 10.4. The molecule has 0 heterocycles. The summed E-state index contributed by atoms with van der Waals surface area (Å²) in [6.07, 6.45) is 0. The molecule has 1 aromatic rings. The maximum atomic E-state index is 5.64. The summed E-state index contributed by atoms with van der Waals surface area (Å²) in [6, 6.07) is 4.17. The lowest BCUT2D eigenvalue weighted by atomic mass is 10.1. The van der Waals surface area contributed by atoms with E-state index in [4.69, 9.17) is 4.74 Å². The van der Waals surface area contributed by atoms with E-state index in [0.717, 1.165) is 21.4 Å². The van der Waals surface area contributed by atoms with Gasteiger partial charge in [-0.3, -0.25) is 0 Å². The molecule has 0 saturated carbocycles. The zero-order chi connectivity index (χ0) is 10.7. The Morgan fingerprint density at radius 1 is 1.43 bits per heavy atom. The van der Waals surface area contributed by atoms with Crippen molar-refractivity contribution in [3.8, 4) is 5.75 Å². The van der Waals surface area contributed by atoms with Crippen molar-refractivity contribution in [2.24, 2.45) is 0 Å². The van der Waals surface area contributed by atoms with Gasteiger partial charge in [0.1, 0.15) is 12.4 Å². The van der Waals surface area contributed by atoms with Crippen LogP contribution in [0.5, 0.6) is 5.75 Å². The van der Waals surface area contributed by atoms with Crippen molar-refractivity contribution in [2.75, 3.05) is 6.61 Å². The Balaban J connectivity index is 2.91. The van der Waals surface area contributed by atoms with Gasteiger partial charge in [0, 0.05) is 0 Å². The van der Waals surface area contributed by atoms with Gasteiger partial charge in [-0.05, 0) is 59.5 Å². The van der Waals surface area contributed by atoms with Crippen LogP contribution in [-0.2, 0) is 0 Å². The Labute approximate surface area is 93.9 Å². The average Bonchev–Trinajstić information content (AvgIpc) is 2.01. The number of rotatable bonds is 3. The standard InChI is InChI=1S/C12H15BrO/c1-8(2)7-14-12-10(4)5-9(3)6-11(12)13/h5-6H,1,7H2,2-4H3. The monoisotopic (exact) mass is 254 g/mol. The molecule has 0 radical (unpaired) electrons. The molecule has 0 aliphatic heterocycles. The van der Waals surface area contributed by atoms with Gasteiger partial charge in [0.2, 0.25) is 0 Å². The summed E-state index contributed by atoms with van der Waals surface area (Å²) in [4.78, 5) is 0. The minimum Gasteiger partial charge on any atom is -0.488 e. The van der Waals surface area contributed by atoms with Gasteiger partial charge in [0.15, 0.2) is 0 Å². The number of hydrogen-bond acceptors (Lipinski definition) is 1. The molecule has 0 fully saturated rings. The highest BCUT2D eigenvalue weighted by Gasteiger charge is 2.05. The van der Waals surface area contributed by atoms with Crippen LogP contribution in [0.4, 0.5) is 0 Å². The molecule has 2 heteroatoms. The summed E-state index contributed by atoms with van der Waals surface area (Å²) >= 11 is 3.49. The highest BCUT2D eigenvalue weighted by Crippen LogP contribution is 2.30. The van der Waals surface area contributed by atoms with E-state index >= 15 is 0 Å². The van der Waals surface area contributed by atoms with E-state index in [1.54, 1.807) is 0 Å². The second-order valence-corrected chi connectivity index (χ2v) is 4.49. The molecule has 0 aliphatic carbocycles. The van der Waals surface area contributed by atoms with Crippen LogP contribution in [0.15, 0.2) is 28.8 Å². The SMILES string of the molecule is C=C(C)COc1c(C)cc(C)cc1Br. The Bertz CT molecular complexity index is 332. The Morgan fingerprint density at radius 2 is 2.07 bits per heavy atom. The largest absolute Gasteiger partial charge is 0.488 e. The van der Waals surface area contributed by atoms with E-state index < -0.39 is 0 Å².